The van der Waals surface area contributed by atoms with Crippen molar-refractivity contribution in [2.45, 2.75) is 19.5 Å². The molecule has 1 aromatic heterocycles. The summed E-state index contributed by atoms with van der Waals surface area (Å²) in [4.78, 5) is 5.19. The van der Waals surface area contributed by atoms with E-state index in [1.807, 2.05) is 6.92 Å². The van der Waals surface area contributed by atoms with E-state index in [0.717, 1.165) is 17.9 Å². The first kappa shape index (κ1) is 13.6. The summed E-state index contributed by atoms with van der Waals surface area (Å²) in [7, 11) is 1.41. The summed E-state index contributed by atoms with van der Waals surface area (Å²) in [5.74, 6) is 0.596. The van der Waals surface area contributed by atoms with Gasteiger partial charge in [-0.25, -0.2) is 4.98 Å². The Morgan fingerprint density at radius 2 is 2.12 bits per heavy atom. The number of pyridine rings is 1. The molecule has 1 N–H and O–H groups in total. The lowest BCUT2D eigenvalue weighted by Gasteiger charge is -2.21. The van der Waals surface area contributed by atoms with E-state index in [1.54, 1.807) is 12.1 Å². The smallest absolute Gasteiger partial charge is 0.370 e. The number of halogens is 3. The maximum atomic E-state index is 12.2. The average molecular weight is 247 g/mol. The van der Waals surface area contributed by atoms with Gasteiger partial charge in [-0.15, -0.1) is 0 Å². The monoisotopic (exact) mass is 247 g/mol. The first-order chi connectivity index (χ1) is 7.92. The summed E-state index contributed by atoms with van der Waals surface area (Å²) in [5, 5.41) is 3.03. The predicted octanol–water partition coefficient (Wildman–Crippen LogP) is 2.90. The van der Waals surface area contributed by atoms with Crippen LogP contribution in [-0.2, 0) is 0 Å². The summed E-state index contributed by atoms with van der Waals surface area (Å²) < 4.78 is 36.7. The van der Waals surface area contributed by atoms with Crippen molar-refractivity contribution in [1.82, 2.24) is 4.98 Å². The molecule has 0 atom stereocenters. The van der Waals surface area contributed by atoms with E-state index in [1.165, 1.54) is 13.2 Å². The van der Waals surface area contributed by atoms with Crippen LogP contribution in [0.25, 0.3) is 0 Å². The molecule has 0 saturated carbocycles. The van der Waals surface area contributed by atoms with Crippen molar-refractivity contribution in [3.8, 4) is 0 Å². The number of hydrogen-bond acceptors (Lipinski definition) is 3. The minimum Gasteiger partial charge on any atom is -0.370 e. The molecule has 0 spiro atoms. The SMILES string of the molecule is CCCNc1cc(N(C)CC(F)(F)F)ccn1. The van der Waals surface area contributed by atoms with Crippen molar-refractivity contribution in [3.05, 3.63) is 18.3 Å². The molecule has 1 aromatic rings. The van der Waals surface area contributed by atoms with E-state index in [4.69, 9.17) is 0 Å². The standard InChI is InChI=1S/C11H16F3N3/c1-3-5-15-10-7-9(4-6-16-10)17(2)8-11(12,13)14/h4,6-7H,3,5,8H2,1-2H3,(H,15,16). The first-order valence-electron chi connectivity index (χ1n) is 5.40. The molecule has 0 aromatic carbocycles. The van der Waals surface area contributed by atoms with Gasteiger partial charge in [-0.2, -0.15) is 13.2 Å². The molecular formula is C11H16F3N3. The van der Waals surface area contributed by atoms with Crippen molar-refractivity contribution >= 4 is 11.5 Å². The highest BCUT2D eigenvalue weighted by Crippen LogP contribution is 2.21. The van der Waals surface area contributed by atoms with Gasteiger partial charge in [0, 0.05) is 31.5 Å². The lowest BCUT2D eigenvalue weighted by Crippen LogP contribution is -2.30. The van der Waals surface area contributed by atoms with Crippen molar-refractivity contribution < 1.29 is 13.2 Å². The van der Waals surface area contributed by atoms with Gasteiger partial charge in [0.25, 0.3) is 0 Å². The van der Waals surface area contributed by atoms with Crippen LogP contribution in [0.5, 0.6) is 0 Å². The molecule has 0 bridgehead atoms. The van der Waals surface area contributed by atoms with Gasteiger partial charge in [0.1, 0.15) is 12.4 Å². The third kappa shape index (κ3) is 4.93. The number of nitrogens with zero attached hydrogens (tertiary/aromatic N) is 2. The minimum absolute atomic E-state index is 0.496. The Balaban J connectivity index is 2.70. The van der Waals surface area contributed by atoms with Crippen LogP contribution in [0, 0.1) is 0 Å². The van der Waals surface area contributed by atoms with Gasteiger partial charge in [0.15, 0.2) is 0 Å². The van der Waals surface area contributed by atoms with Crippen LogP contribution in [0.3, 0.4) is 0 Å². The predicted molar refractivity (Wildman–Crippen MR) is 62.3 cm³/mol. The van der Waals surface area contributed by atoms with Crippen LogP contribution in [-0.4, -0.2) is 31.3 Å². The zero-order valence-corrected chi connectivity index (χ0v) is 9.88. The number of aromatic nitrogens is 1. The second-order valence-corrected chi connectivity index (χ2v) is 3.80. The Morgan fingerprint density at radius 1 is 1.41 bits per heavy atom. The van der Waals surface area contributed by atoms with Gasteiger partial charge in [-0.1, -0.05) is 6.92 Å². The van der Waals surface area contributed by atoms with Gasteiger partial charge >= 0.3 is 6.18 Å². The summed E-state index contributed by atoms with van der Waals surface area (Å²) in [6.07, 6.45) is -1.76. The molecule has 1 rings (SSSR count). The lowest BCUT2D eigenvalue weighted by atomic mass is 10.3. The molecule has 1 heterocycles. The molecule has 0 fully saturated rings. The molecule has 6 heteroatoms. The normalized spacial score (nSPS) is 11.4. The topological polar surface area (TPSA) is 28.2 Å². The van der Waals surface area contributed by atoms with E-state index in [9.17, 15) is 13.2 Å². The number of hydrogen-bond donors (Lipinski definition) is 1. The highest BCUT2D eigenvalue weighted by molar-refractivity contribution is 5.53. The van der Waals surface area contributed by atoms with Crippen molar-refractivity contribution in [2.24, 2.45) is 0 Å². The summed E-state index contributed by atoms with van der Waals surface area (Å²) >= 11 is 0. The fraction of sp³-hybridized carbons (Fsp3) is 0.545. The second-order valence-electron chi connectivity index (χ2n) is 3.80. The Labute approximate surface area is 98.6 Å². The molecule has 0 amide bonds. The molecule has 0 aliphatic carbocycles. The molecule has 0 aliphatic rings. The number of rotatable bonds is 5. The molecule has 96 valence electrons. The van der Waals surface area contributed by atoms with E-state index >= 15 is 0 Å². The minimum atomic E-state index is -4.20. The van der Waals surface area contributed by atoms with Crippen LogP contribution >= 0.6 is 0 Å². The molecule has 0 radical (unpaired) electrons. The highest BCUT2D eigenvalue weighted by Gasteiger charge is 2.29. The third-order valence-corrected chi connectivity index (χ3v) is 2.16. The summed E-state index contributed by atoms with van der Waals surface area (Å²) in [5.41, 5.74) is 0.496. The van der Waals surface area contributed by atoms with E-state index in [2.05, 4.69) is 10.3 Å². The lowest BCUT2D eigenvalue weighted by molar-refractivity contribution is -0.119. The fourth-order valence-electron chi connectivity index (χ4n) is 1.37. The highest BCUT2D eigenvalue weighted by atomic mass is 19.4. The van der Waals surface area contributed by atoms with Crippen molar-refractivity contribution in [3.63, 3.8) is 0 Å². The van der Waals surface area contributed by atoms with Crippen LogP contribution in [0.15, 0.2) is 18.3 Å². The summed E-state index contributed by atoms with van der Waals surface area (Å²) in [6, 6.07) is 3.17. The van der Waals surface area contributed by atoms with E-state index in [-0.39, 0.29) is 0 Å². The van der Waals surface area contributed by atoms with Gasteiger partial charge in [-0.05, 0) is 12.5 Å². The zero-order chi connectivity index (χ0) is 12.9. The van der Waals surface area contributed by atoms with Crippen LogP contribution in [0.1, 0.15) is 13.3 Å². The maximum absolute atomic E-state index is 12.2. The van der Waals surface area contributed by atoms with Crippen molar-refractivity contribution in [2.75, 3.05) is 30.4 Å². The van der Waals surface area contributed by atoms with Crippen LogP contribution in [0.2, 0.25) is 0 Å². The molecule has 0 saturated heterocycles. The Kier molecular flexibility index (Phi) is 4.60. The average Bonchev–Trinajstić information content (AvgIpc) is 2.24. The van der Waals surface area contributed by atoms with Gasteiger partial charge < -0.3 is 10.2 Å². The number of nitrogens with one attached hydrogen (secondary N) is 1. The Bertz CT molecular complexity index is 352. The van der Waals surface area contributed by atoms with Gasteiger partial charge in [0.2, 0.25) is 0 Å². The second kappa shape index (κ2) is 5.75. The van der Waals surface area contributed by atoms with E-state index < -0.39 is 12.7 Å². The first-order valence-corrected chi connectivity index (χ1v) is 5.40. The molecule has 3 nitrogen and oxygen atoms in total. The van der Waals surface area contributed by atoms with Gasteiger partial charge in [-0.3, -0.25) is 0 Å². The van der Waals surface area contributed by atoms with Crippen LogP contribution in [0.4, 0.5) is 24.7 Å². The number of alkyl halides is 3. The fourth-order valence-corrected chi connectivity index (χ4v) is 1.37. The molecule has 0 aliphatic heterocycles. The maximum Gasteiger partial charge on any atom is 0.405 e. The summed E-state index contributed by atoms with van der Waals surface area (Å²) in [6.45, 7) is 1.79. The third-order valence-electron chi connectivity index (χ3n) is 2.16. The molecule has 17 heavy (non-hydrogen) atoms. The van der Waals surface area contributed by atoms with Gasteiger partial charge in [0.05, 0.1) is 0 Å². The quantitative estimate of drug-likeness (QED) is 0.867. The largest absolute Gasteiger partial charge is 0.405 e. The molecular weight excluding hydrogens is 231 g/mol. The van der Waals surface area contributed by atoms with Crippen molar-refractivity contribution in [1.29, 1.82) is 0 Å². The number of anilines is 2. The zero-order valence-electron chi connectivity index (χ0n) is 9.88. The Morgan fingerprint density at radius 3 is 2.71 bits per heavy atom. The Hall–Kier alpha value is -1.46. The van der Waals surface area contributed by atoms with E-state index in [0.29, 0.717) is 11.5 Å². The van der Waals surface area contributed by atoms with Crippen LogP contribution < -0.4 is 10.2 Å². The molecule has 0 unspecified atom stereocenters.